The number of carbonyl (C=O) groups excluding carboxylic acids is 2. The normalized spacial score (nSPS) is 19.7. The van der Waals surface area contributed by atoms with E-state index in [1.54, 1.807) is 0 Å². The molecule has 7 nitrogen and oxygen atoms in total. The molecule has 1 atom stereocenters. The standard InChI is InChI=1S/C27H30N2O5/c1-26(17-11-12-17,15-23(30)28-27(24(31)32)13-6-14-27)29-25(33)34-16-22-20-9-4-2-7-18(20)19-8-3-5-10-21(19)22/h2-5,7-10,17,22H,6,11-16H2,1H3,(H,28,30)(H,29,33)(H,31,32). The van der Waals surface area contributed by atoms with Crippen molar-refractivity contribution in [2.75, 3.05) is 6.61 Å². The molecule has 2 aromatic rings. The van der Waals surface area contributed by atoms with Crippen LogP contribution < -0.4 is 10.6 Å². The molecule has 3 N–H and O–H groups in total. The van der Waals surface area contributed by atoms with E-state index in [2.05, 4.69) is 34.9 Å². The Morgan fingerprint density at radius 1 is 1.03 bits per heavy atom. The molecule has 0 saturated heterocycles. The lowest BCUT2D eigenvalue weighted by atomic mass is 9.76. The summed E-state index contributed by atoms with van der Waals surface area (Å²) in [5, 5.41) is 15.2. The number of carboxylic acids is 1. The highest BCUT2D eigenvalue weighted by Crippen LogP contribution is 2.45. The van der Waals surface area contributed by atoms with Crippen LogP contribution in [0.1, 0.15) is 62.5 Å². The van der Waals surface area contributed by atoms with E-state index in [1.165, 1.54) is 0 Å². The number of alkyl carbamates (subject to hydrolysis) is 1. The van der Waals surface area contributed by atoms with E-state index in [0.29, 0.717) is 12.8 Å². The molecule has 2 saturated carbocycles. The summed E-state index contributed by atoms with van der Waals surface area (Å²) in [6, 6.07) is 16.3. The fraction of sp³-hybridized carbons (Fsp3) is 0.444. The highest BCUT2D eigenvalue weighted by Gasteiger charge is 2.49. The van der Waals surface area contributed by atoms with Crippen LogP contribution in [0.15, 0.2) is 48.5 Å². The van der Waals surface area contributed by atoms with Gasteiger partial charge < -0.3 is 20.5 Å². The van der Waals surface area contributed by atoms with Crippen LogP contribution >= 0.6 is 0 Å². The van der Waals surface area contributed by atoms with E-state index >= 15 is 0 Å². The van der Waals surface area contributed by atoms with Crippen molar-refractivity contribution in [1.29, 1.82) is 0 Å². The van der Waals surface area contributed by atoms with Gasteiger partial charge in [0, 0.05) is 12.3 Å². The first-order valence-electron chi connectivity index (χ1n) is 12.0. The fourth-order valence-corrected chi connectivity index (χ4v) is 5.45. The summed E-state index contributed by atoms with van der Waals surface area (Å²) in [5.74, 6) is -1.22. The minimum atomic E-state index is -1.16. The molecule has 3 aliphatic carbocycles. The molecule has 0 aromatic heterocycles. The molecule has 0 aliphatic heterocycles. The Kier molecular flexibility index (Phi) is 5.58. The number of nitrogens with one attached hydrogen (secondary N) is 2. The molecule has 0 bridgehead atoms. The van der Waals surface area contributed by atoms with Crippen LogP contribution in [-0.2, 0) is 14.3 Å². The summed E-state index contributed by atoms with van der Waals surface area (Å²) in [6.45, 7) is 2.05. The van der Waals surface area contributed by atoms with E-state index in [4.69, 9.17) is 4.74 Å². The predicted octanol–water partition coefficient (Wildman–Crippen LogP) is 4.21. The topological polar surface area (TPSA) is 105 Å². The van der Waals surface area contributed by atoms with Crippen molar-refractivity contribution in [3.63, 3.8) is 0 Å². The van der Waals surface area contributed by atoms with Gasteiger partial charge in [0.1, 0.15) is 12.1 Å². The van der Waals surface area contributed by atoms with E-state index in [0.717, 1.165) is 41.5 Å². The summed E-state index contributed by atoms with van der Waals surface area (Å²) >= 11 is 0. The molecule has 0 heterocycles. The molecule has 2 fully saturated rings. The average Bonchev–Trinajstić information content (AvgIpc) is 3.59. The molecule has 7 heteroatoms. The number of fused-ring (bicyclic) bond motifs is 3. The van der Waals surface area contributed by atoms with Crippen LogP contribution in [-0.4, -0.2) is 40.8 Å². The van der Waals surface area contributed by atoms with Gasteiger partial charge in [0.15, 0.2) is 0 Å². The van der Waals surface area contributed by atoms with Crippen LogP contribution in [0.3, 0.4) is 0 Å². The first kappa shape index (κ1) is 22.4. The smallest absolute Gasteiger partial charge is 0.407 e. The molecular weight excluding hydrogens is 432 g/mol. The summed E-state index contributed by atoms with van der Waals surface area (Å²) in [7, 11) is 0. The first-order chi connectivity index (χ1) is 16.3. The average molecular weight is 463 g/mol. The molecule has 3 aliphatic rings. The summed E-state index contributed by atoms with van der Waals surface area (Å²) in [6.07, 6.45) is 2.96. The zero-order valence-electron chi connectivity index (χ0n) is 19.3. The molecule has 2 amide bonds. The van der Waals surface area contributed by atoms with Crippen molar-refractivity contribution >= 4 is 18.0 Å². The Hall–Kier alpha value is -3.35. The second kappa shape index (κ2) is 8.46. The monoisotopic (exact) mass is 462 g/mol. The second-order valence-corrected chi connectivity index (χ2v) is 10.1. The van der Waals surface area contributed by atoms with Crippen LogP contribution in [0.4, 0.5) is 4.79 Å². The lowest BCUT2D eigenvalue weighted by molar-refractivity contribution is -0.152. The second-order valence-electron chi connectivity index (χ2n) is 10.1. The van der Waals surface area contributed by atoms with Gasteiger partial charge >= 0.3 is 12.1 Å². The van der Waals surface area contributed by atoms with Gasteiger partial charge in [0.2, 0.25) is 5.91 Å². The Balaban J connectivity index is 1.23. The summed E-state index contributed by atoms with van der Waals surface area (Å²) in [5.41, 5.74) is 2.66. The molecule has 0 radical (unpaired) electrons. The van der Waals surface area contributed by atoms with Gasteiger partial charge in [-0.15, -0.1) is 0 Å². The Labute approximate surface area is 198 Å². The number of ether oxygens (including phenoxy) is 1. The molecular formula is C27H30N2O5. The number of benzene rings is 2. The fourth-order valence-electron chi connectivity index (χ4n) is 5.45. The zero-order valence-corrected chi connectivity index (χ0v) is 19.3. The van der Waals surface area contributed by atoms with Gasteiger partial charge in [0.25, 0.3) is 0 Å². The maximum atomic E-state index is 12.9. The number of hydrogen-bond donors (Lipinski definition) is 3. The molecule has 1 unspecified atom stereocenters. The van der Waals surface area contributed by atoms with Crippen molar-refractivity contribution in [2.24, 2.45) is 5.92 Å². The number of hydrogen-bond acceptors (Lipinski definition) is 4. The number of carboxylic acid groups (broad SMARTS) is 1. The van der Waals surface area contributed by atoms with Crippen LogP contribution in [0.5, 0.6) is 0 Å². The maximum absolute atomic E-state index is 12.9. The van der Waals surface area contributed by atoms with Gasteiger partial charge in [-0.05, 0) is 67.2 Å². The largest absolute Gasteiger partial charge is 0.480 e. The number of rotatable bonds is 8. The Morgan fingerprint density at radius 2 is 1.62 bits per heavy atom. The Morgan fingerprint density at radius 3 is 2.12 bits per heavy atom. The van der Waals surface area contributed by atoms with Crippen LogP contribution in [0.25, 0.3) is 11.1 Å². The van der Waals surface area contributed by atoms with Gasteiger partial charge in [0.05, 0.1) is 5.54 Å². The number of amides is 2. The summed E-state index contributed by atoms with van der Waals surface area (Å²) in [4.78, 5) is 37.2. The van der Waals surface area contributed by atoms with Gasteiger partial charge in [-0.3, -0.25) is 4.79 Å². The molecule has 0 spiro atoms. The van der Waals surface area contributed by atoms with Gasteiger partial charge in [-0.2, -0.15) is 0 Å². The van der Waals surface area contributed by atoms with E-state index in [9.17, 15) is 19.5 Å². The van der Waals surface area contributed by atoms with E-state index < -0.39 is 23.1 Å². The van der Waals surface area contributed by atoms with E-state index in [1.807, 2.05) is 31.2 Å². The highest BCUT2D eigenvalue weighted by molar-refractivity contribution is 5.88. The lowest BCUT2D eigenvalue weighted by Gasteiger charge is -2.39. The third kappa shape index (κ3) is 4.04. The maximum Gasteiger partial charge on any atom is 0.407 e. The van der Waals surface area contributed by atoms with Crippen molar-refractivity contribution < 1.29 is 24.2 Å². The predicted molar refractivity (Wildman–Crippen MR) is 126 cm³/mol. The summed E-state index contributed by atoms with van der Waals surface area (Å²) < 4.78 is 5.69. The van der Waals surface area contributed by atoms with Crippen LogP contribution in [0, 0.1) is 5.92 Å². The third-order valence-corrected chi connectivity index (χ3v) is 7.73. The molecule has 178 valence electrons. The van der Waals surface area contributed by atoms with E-state index in [-0.39, 0.29) is 30.8 Å². The molecule has 5 rings (SSSR count). The highest BCUT2D eigenvalue weighted by atomic mass is 16.5. The van der Waals surface area contributed by atoms with Gasteiger partial charge in [-0.1, -0.05) is 48.5 Å². The first-order valence-corrected chi connectivity index (χ1v) is 12.0. The minimum absolute atomic E-state index is 0.0247. The quantitative estimate of drug-likeness (QED) is 0.545. The van der Waals surface area contributed by atoms with Crippen LogP contribution in [0.2, 0.25) is 0 Å². The minimum Gasteiger partial charge on any atom is -0.480 e. The lowest BCUT2D eigenvalue weighted by Crippen LogP contribution is -2.61. The van der Waals surface area contributed by atoms with Gasteiger partial charge in [-0.25, -0.2) is 9.59 Å². The number of carbonyl (C=O) groups is 3. The van der Waals surface area contributed by atoms with Crippen molar-refractivity contribution in [3.8, 4) is 11.1 Å². The Bertz CT molecular complexity index is 1090. The van der Waals surface area contributed by atoms with Crippen molar-refractivity contribution in [3.05, 3.63) is 59.7 Å². The SMILES string of the molecule is CC(CC(=O)NC1(C(=O)O)CCC1)(NC(=O)OCC1c2ccccc2-c2ccccc21)C1CC1. The van der Waals surface area contributed by atoms with Crippen molar-refractivity contribution in [1.82, 2.24) is 10.6 Å². The van der Waals surface area contributed by atoms with Crippen molar-refractivity contribution in [2.45, 2.75) is 62.4 Å². The molecule has 34 heavy (non-hydrogen) atoms. The number of aliphatic carboxylic acids is 1. The molecule has 2 aromatic carbocycles. The third-order valence-electron chi connectivity index (χ3n) is 7.73. The zero-order chi connectivity index (χ0) is 23.9.